The van der Waals surface area contributed by atoms with Gasteiger partial charge in [-0.3, -0.25) is 4.79 Å². The van der Waals surface area contributed by atoms with Crippen LogP contribution in [0.1, 0.15) is 29.2 Å². The van der Waals surface area contributed by atoms with E-state index >= 15 is 0 Å². The van der Waals surface area contributed by atoms with E-state index in [-0.39, 0.29) is 12.0 Å². The Labute approximate surface area is 95.5 Å². The summed E-state index contributed by atoms with van der Waals surface area (Å²) >= 11 is 0. The predicted octanol–water partition coefficient (Wildman–Crippen LogP) is 2.04. The number of hydrogen-bond donors (Lipinski definition) is 2. The molecule has 1 aromatic rings. The quantitative estimate of drug-likeness (QED) is 0.800. The molecule has 2 rings (SSSR count). The molecule has 0 saturated carbocycles. The number of carboxylic acids is 1. The molecular weight excluding hydrogens is 202 g/mol. The molecule has 1 aliphatic heterocycles. The molecule has 0 aliphatic carbocycles. The minimum absolute atomic E-state index is 0.0307. The highest BCUT2D eigenvalue weighted by Crippen LogP contribution is 2.30. The summed E-state index contributed by atoms with van der Waals surface area (Å²) in [5, 5.41) is 12.4. The Morgan fingerprint density at radius 2 is 2.12 bits per heavy atom. The van der Waals surface area contributed by atoms with E-state index in [0.29, 0.717) is 6.42 Å². The molecule has 1 heterocycles. The van der Waals surface area contributed by atoms with Crippen LogP contribution in [0, 0.1) is 19.8 Å². The molecule has 1 saturated heterocycles. The second-order valence-corrected chi connectivity index (χ2v) is 4.51. The van der Waals surface area contributed by atoms with Crippen LogP contribution in [0.25, 0.3) is 0 Å². The van der Waals surface area contributed by atoms with Gasteiger partial charge in [-0.2, -0.15) is 0 Å². The third-order valence-corrected chi connectivity index (χ3v) is 3.43. The number of hydrogen-bond acceptors (Lipinski definition) is 2. The van der Waals surface area contributed by atoms with Gasteiger partial charge in [-0.05, 0) is 43.5 Å². The lowest BCUT2D eigenvalue weighted by Crippen LogP contribution is -2.23. The predicted molar refractivity (Wildman–Crippen MR) is 62.4 cm³/mol. The molecule has 0 radical (unpaired) electrons. The Hall–Kier alpha value is -1.35. The molecule has 0 aromatic heterocycles. The van der Waals surface area contributed by atoms with Crippen LogP contribution in [-0.2, 0) is 4.79 Å². The fourth-order valence-corrected chi connectivity index (χ4v) is 2.28. The highest BCUT2D eigenvalue weighted by atomic mass is 16.4. The lowest BCUT2D eigenvalue weighted by atomic mass is 9.92. The Balaban J connectivity index is 2.29. The van der Waals surface area contributed by atoms with E-state index in [1.165, 1.54) is 11.1 Å². The van der Waals surface area contributed by atoms with Gasteiger partial charge in [-0.1, -0.05) is 18.2 Å². The van der Waals surface area contributed by atoms with E-state index in [4.69, 9.17) is 5.11 Å². The molecule has 2 N–H and O–H groups in total. The van der Waals surface area contributed by atoms with Gasteiger partial charge in [0.1, 0.15) is 0 Å². The topological polar surface area (TPSA) is 49.3 Å². The van der Waals surface area contributed by atoms with E-state index in [0.717, 1.165) is 12.1 Å². The fraction of sp³-hybridized carbons (Fsp3) is 0.462. The van der Waals surface area contributed by atoms with E-state index < -0.39 is 5.97 Å². The number of carbonyl (C=O) groups is 1. The summed E-state index contributed by atoms with van der Waals surface area (Å²) in [5.41, 5.74) is 3.55. The Kier molecular flexibility index (Phi) is 2.97. The van der Waals surface area contributed by atoms with Crippen molar-refractivity contribution in [3.05, 3.63) is 34.9 Å². The SMILES string of the molecule is Cc1ccc(C2NCCC2C(=O)O)cc1C. The zero-order chi connectivity index (χ0) is 11.7. The average molecular weight is 219 g/mol. The van der Waals surface area contributed by atoms with Crippen molar-refractivity contribution in [3.8, 4) is 0 Å². The van der Waals surface area contributed by atoms with Gasteiger partial charge in [0.2, 0.25) is 0 Å². The molecule has 0 spiro atoms. The average Bonchev–Trinajstić information content (AvgIpc) is 2.71. The number of benzene rings is 1. The van der Waals surface area contributed by atoms with Gasteiger partial charge >= 0.3 is 5.97 Å². The Morgan fingerprint density at radius 3 is 2.75 bits per heavy atom. The van der Waals surface area contributed by atoms with Crippen molar-refractivity contribution in [3.63, 3.8) is 0 Å². The van der Waals surface area contributed by atoms with Crippen LogP contribution in [0.5, 0.6) is 0 Å². The minimum atomic E-state index is -0.701. The van der Waals surface area contributed by atoms with Crippen molar-refractivity contribution >= 4 is 5.97 Å². The van der Waals surface area contributed by atoms with Gasteiger partial charge in [-0.25, -0.2) is 0 Å². The Morgan fingerprint density at radius 1 is 1.38 bits per heavy atom. The van der Waals surface area contributed by atoms with Crippen molar-refractivity contribution in [2.45, 2.75) is 26.3 Å². The van der Waals surface area contributed by atoms with Crippen molar-refractivity contribution in [2.75, 3.05) is 6.54 Å². The van der Waals surface area contributed by atoms with Crippen LogP contribution in [0.4, 0.5) is 0 Å². The van der Waals surface area contributed by atoms with Gasteiger partial charge in [0.05, 0.1) is 5.92 Å². The molecule has 1 aromatic carbocycles. The van der Waals surface area contributed by atoms with Crippen molar-refractivity contribution in [1.82, 2.24) is 5.32 Å². The summed E-state index contributed by atoms with van der Waals surface area (Å²) in [5.74, 6) is -0.990. The summed E-state index contributed by atoms with van der Waals surface area (Å²) in [6.45, 7) is 4.91. The van der Waals surface area contributed by atoms with E-state index in [2.05, 4.69) is 31.3 Å². The maximum Gasteiger partial charge on any atom is 0.308 e. The van der Waals surface area contributed by atoms with Crippen molar-refractivity contribution in [1.29, 1.82) is 0 Å². The number of carboxylic acid groups (broad SMARTS) is 1. The monoisotopic (exact) mass is 219 g/mol. The van der Waals surface area contributed by atoms with Gasteiger partial charge in [-0.15, -0.1) is 0 Å². The largest absolute Gasteiger partial charge is 0.481 e. The van der Waals surface area contributed by atoms with E-state index in [1.54, 1.807) is 0 Å². The first-order chi connectivity index (χ1) is 7.59. The lowest BCUT2D eigenvalue weighted by Gasteiger charge is -2.17. The highest BCUT2D eigenvalue weighted by Gasteiger charge is 2.33. The fourth-order valence-electron chi connectivity index (χ4n) is 2.28. The standard InChI is InChI=1S/C13H17NO2/c1-8-3-4-10(7-9(8)2)12-11(13(15)16)5-6-14-12/h3-4,7,11-12,14H,5-6H2,1-2H3,(H,15,16). The molecule has 1 fully saturated rings. The summed E-state index contributed by atoms with van der Waals surface area (Å²) in [4.78, 5) is 11.1. The van der Waals surface area contributed by atoms with Crippen LogP contribution in [0.2, 0.25) is 0 Å². The molecule has 3 heteroatoms. The minimum Gasteiger partial charge on any atom is -0.481 e. The third kappa shape index (κ3) is 1.95. The summed E-state index contributed by atoms with van der Waals surface area (Å²) in [6, 6.07) is 6.15. The molecule has 86 valence electrons. The molecule has 16 heavy (non-hydrogen) atoms. The molecule has 0 amide bonds. The summed E-state index contributed by atoms with van der Waals surface area (Å²) < 4.78 is 0. The van der Waals surface area contributed by atoms with Gasteiger partial charge < -0.3 is 10.4 Å². The zero-order valence-corrected chi connectivity index (χ0v) is 9.66. The first-order valence-electron chi connectivity index (χ1n) is 5.63. The van der Waals surface area contributed by atoms with Gasteiger partial charge in [0.15, 0.2) is 0 Å². The Bertz CT molecular complexity index is 414. The van der Waals surface area contributed by atoms with Crippen molar-refractivity contribution in [2.24, 2.45) is 5.92 Å². The molecule has 0 bridgehead atoms. The number of nitrogens with one attached hydrogen (secondary N) is 1. The molecule has 2 atom stereocenters. The summed E-state index contributed by atoms with van der Waals surface area (Å²) in [7, 11) is 0. The highest BCUT2D eigenvalue weighted by molar-refractivity contribution is 5.71. The van der Waals surface area contributed by atoms with Gasteiger partial charge in [0.25, 0.3) is 0 Å². The number of rotatable bonds is 2. The van der Waals surface area contributed by atoms with E-state index in [9.17, 15) is 4.79 Å². The molecule has 1 aliphatic rings. The lowest BCUT2D eigenvalue weighted by molar-refractivity contribution is -0.142. The normalized spacial score (nSPS) is 24.6. The molecular formula is C13H17NO2. The first-order valence-corrected chi connectivity index (χ1v) is 5.63. The maximum absolute atomic E-state index is 11.1. The third-order valence-electron chi connectivity index (χ3n) is 3.43. The van der Waals surface area contributed by atoms with Crippen molar-refractivity contribution < 1.29 is 9.90 Å². The number of aliphatic carboxylic acids is 1. The van der Waals surface area contributed by atoms with E-state index in [1.807, 2.05) is 6.07 Å². The second kappa shape index (κ2) is 4.26. The molecule has 2 unspecified atom stereocenters. The second-order valence-electron chi connectivity index (χ2n) is 4.51. The van der Waals surface area contributed by atoms with Crippen LogP contribution in [-0.4, -0.2) is 17.6 Å². The summed E-state index contributed by atoms with van der Waals surface area (Å²) in [6.07, 6.45) is 0.715. The van der Waals surface area contributed by atoms with Crippen LogP contribution >= 0.6 is 0 Å². The van der Waals surface area contributed by atoms with Crippen LogP contribution in [0.3, 0.4) is 0 Å². The first kappa shape index (κ1) is 11.1. The zero-order valence-electron chi connectivity index (χ0n) is 9.66. The smallest absolute Gasteiger partial charge is 0.308 e. The van der Waals surface area contributed by atoms with Gasteiger partial charge in [0, 0.05) is 6.04 Å². The maximum atomic E-state index is 11.1. The molecule has 3 nitrogen and oxygen atoms in total. The van der Waals surface area contributed by atoms with Crippen LogP contribution in [0.15, 0.2) is 18.2 Å². The van der Waals surface area contributed by atoms with Crippen LogP contribution < -0.4 is 5.32 Å². The number of aryl methyl sites for hydroxylation is 2.